The Morgan fingerprint density at radius 1 is 1.45 bits per heavy atom. The summed E-state index contributed by atoms with van der Waals surface area (Å²) in [6, 6.07) is 1.54. The normalized spacial score (nSPS) is 10.6. The van der Waals surface area contributed by atoms with E-state index in [1.807, 2.05) is 13.8 Å². The Hall–Kier alpha value is -1.82. The first-order valence-corrected chi connectivity index (χ1v) is 6.74. The standard InChI is InChI=1S/C14H23N3O3/c1-10(2)20-9-5-4-7-16-13-12(15)11(6-8-17-13)14(18)19-3/h6,8,10H,4-5,7,9,15H2,1-3H3,(H,16,17). The van der Waals surface area contributed by atoms with Crippen LogP contribution in [0.3, 0.4) is 0 Å². The number of hydrogen-bond acceptors (Lipinski definition) is 6. The lowest BCUT2D eigenvalue weighted by molar-refractivity contribution is 0.0602. The number of aromatic nitrogens is 1. The predicted octanol–water partition coefficient (Wildman–Crippen LogP) is 2.07. The summed E-state index contributed by atoms with van der Waals surface area (Å²) in [6.07, 6.45) is 3.70. The van der Waals surface area contributed by atoms with E-state index in [0.717, 1.165) is 26.0 Å². The number of carbonyl (C=O) groups is 1. The molecule has 0 amide bonds. The van der Waals surface area contributed by atoms with Crippen molar-refractivity contribution in [1.82, 2.24) is 4.98 Å². The molecule has 6 nitrogen and oxygen atoms in total. The second-order valence-electron chi connectivity index (χ2n) is 4.67. The zero-order valence-corrected chi connectivity index (χ0v) is 12.3. The van der Waals surface area contributed by atoms with Gasteiger partial charge in [-0.1, -0.05) is 0 Å². The number of methoxy groups -OCH3 is 1. The van der Waals surface area contributed by atoms with Gasteiger partial charge in [0.25, 0.3) is 0 Å². The molecule has 0 saturated heterocycles. The summed E-state index contributed by atoms with van der Waals surface area (Å²) >= 11 is 0. The first-order valence-electron chi connectivity index (χ1n) is 6.74. The number of esters is 1. The summed E-state index contributed by atoms with van der Waals surface area (Å²) in [5, 5.41) is 3.12. The van der Waals surface area contributed by atoms with Crippen LogP contribution in [0.2, 0.25) is 0 Å². The van der Waals surface area contributed by atoms with Crippen LogP contribution in [0.25, 0.3) is 0 Å². The second kappa shape index (κ2) is 8.37. The molecule has 1 heterocycles. The maximum absolute atomic E-state index is 11.5. The van der Waals surface area contributed by atoms with E-state index in [1.54, 1.807) is 6.07 Å². The average Bonchev–Trinajstić information content (AvgIpc) is 2.43. The van der Waals surface area contributed by atoms with Crippen molar-refractivity contribution in [1.29, 1.82) is 0 Å². The van der Waals surface area contributed by atoms with Crippen LogP contribution in [0, 0.1) is 0 Å². The van der Waals surface area contributed by atoms with Gasteiger partial charge in [-0.15, -0.1) is 0 Å². The van der Waals surface area contributed by atoms with E-state index in [4.69, 9.17) is 10.5 Å². The molecular weight excluding hydrogens is 258 g/mol. The molecule has 0 spiro atoms. The Morgan fingerprint density at radius 3 is 2.85 bits per heavy atom. The van der Waals surface area contributed by atoms with E-state index in [1.165, 1.54) is 13.3 Å². The first-order chi connectivity index (χ1) is 9.56. The molecule has 0 fully saturated rings. The molecule has 6 heteroatoms. The van der Waals surface area contributed by atoms with E-state index < -0.39 is 5.97 Å². The van der Waals surface area contributed by atoms with Crippen LogP contribution in [0.1, 0.15) is 37.0 Å². The molecule has 1 aromatic rings. The number of carbonyl (C=O) groups excluding carboxylic acids is 1. The number of hydrogen-bond donors (Lipinski definition) is 2. The van der Waals surface area contributed by atoms with Gasteiger partial charge in [0.15, 0.2) is 0 Å². The molecule has 0 atom stereocenters. The number of nitrogens with two attached hydrogens (primary N) is 1. The van der Waals surface area contributed by atoms with Crippen LogP contribution >= 0.6 is 0 Å². The summed E-state index contributed by atoms with van der Waals surface area (Å²) in [7, 11) is 1.32. The number of nitrogens with one attached hydrogen (secondary N) is 1. The van der Waals surface area contributed by atoms with Crippen molar-refractivity contribution in [2.24, 2.45) is 0 Å². The van der Waals surface area contributed by atoms with Crippen molar-refractivity contribution in [2.75, 3.05) is 31.3 Å². The highest BCUT2D eigenvalue weighted by Crippen LogP contribution is 2.20. The number of pyridine rings is 1. The molecule has 20 heavy (non-hydrogen) atoms. The Balaban J connectivity index is 2.43. The lowest BCUT2D eigenvalue weighted by Gasteiger charge is -2.11. The van der Waals surface area contributed by atoms with Crippen molar-refractivity contribution in [3.63, 3.8) is 0 Å². The topological polar surface area (TPSA) is 86.5 Å². The fraction of sp³-hybridized carbons (Fsp3) is 0.571. The van der Waals surface area contributed by atoms with Gasteiger partial charge in [-0.2, -0.15) is 0 Å². The van der Waals surface area contributed by atoms with Gasteiger partial charge in [0.05, 0.1) is 24.5 Å². The zero-order valence-electron chi connectivity index (χ0n) is 12.3. The monoisotopic (exact) mass is 281 g/mol. The Labute approximate surface area is 119 Å². The smallest absolute Gasteiger partial charge is 0.340 e. The van der Waals surface area contributed by atoms with Crippen molar-refractivity contribution < 1.29 is 14.3 Å². The molecular formula is C14H23N3O3. The highest BCUT2D eigenvalue weighted by Gasteiger charge is 2.13. The van der Waals surface area contributed by atoms with Gasteiger partial charge >= 0.3 is 5.97 Å². The van der Waals surface area contributed by atoms with Crippen molar-refractivity contribution in [2.45, 2.75) is 32.8 Å². The summed E-state index contributed by atoms with van der Waals surface area (Å²) in [5.41, 5.74) is 6.53. The molecule has 0 aliphatic carbocycles. The van der Waals surface area contributed by atoms with Crippen LogP contribution in [0.15, 0.2) is 12.3 Å². The molecule has 0 radical (unpaired) electrons. The van der Waals surface area contributed by atoms with Crippen molar-refractivity contribution in [3.8, 4) is 0 Å². The van der Waals surface area contributed by atoms with Crippen LogP contribution in [0.5, 0.6) is 0 Å². The van der Waals surface area contributed by atoms with Gasteiger partial charge in [0.2, 0.25) is 0 Å². The molecule has 0 saturated carbocycles. The number of nitrogen functional groups attached to an aromatic ring is 1. The Morgan fingerprint density at radius 2 is 2.20 bits per heavy atom. The van der Waals surface area contributed by atoms with Gasteiger partial charge in [0.1, 0.15) is 5.82 Å². The third-order valence-corrected chi connectivity index (χ3v) is 2.71. The van der Waals surface area contributed by atoms with Crippen LogP contribution in [-0.4, -0.2) is 37.3 Å². The predicted molar refractivity (Wildman–Crippen MR) is 78.8 cm³/mol. The highest BCUT2D eigenvalue weighted by molar-refractivity contribution is 5.97. The van der Waals surface area contributed by atoms with Gasteiger partial charge in [-0.25, -0.2) is 9.78 Å². The van der Waals surface area contributed by atoms with Crippen molar-refractivity contribution in [3.05, 3.63) is 17.8 Å². The van der Waals surface area contributed by atoms with E-state index in [2.05, 4.69) is 15.0 Å². The van der Waals surface area contributed by atoms with Crippen molar-refractivity contribution >= 4 is 17.5 Å². The molecule has 112 valence electrons. The average molecular weight is 281 g/mol. The highest BCUT2D eigenvalue weighted by atomic mass is 16.5. The second-order valence-corrected chi connectivity index (χ2v) is 4.67. The van der Waals surface area contributed by atoms with E-state index in [9.17, 15) is 4.79 Å². The summed E-state index contributed by atoms with van der Waals surface area (Å²) in [4.78, 5) is 15.6. The molecule has 3 N–H and O–H groups in total. The first kappa shape index (κ1) is 16.2. The van der Waals surface area contributed by atoms with Gasteiger partial charge in [0, 0.05) is 19.3 Å². The summed E-state index contributed by atoms with van der Waals surface area (Å²) in [6.45, 7) is 5.50. The van der Waals surface area contributed by atoms with Crippen LogP contribution < -0.4 is 11.1 Å². The minimum Gasteiger partial charge on any atom is -0.465 e. The maximum atomic E-state index is 11.5. The fourth-order valence-corrected chi connectivity index (χ4v) is 1.65. The maximum Gasteiger partial charge on any atom is 0.340 e. The lowest BCUT2D eigenvalue weighted by atomic mass is 10.2. The molecule has 0 aromatic carbocycles. The fourth-order valence-electron chi connectivity index (χ4n) is 1.65. The van der Waals surface area contributed by atoms with Crippen LogP contribution in [-0.2, 0) is 9.47 Å². The number of unbranched alkanes of at least 4 members (excludes halogenated alkanes) is 1. The Bertz CT molecular complexity index is 436. The van der Waals surface area contributed by atoms with E-state index >= 15 is 0 Å². The van der Waals surface area contributed by atoms with Gasteiger partial charge in [-0.3, -0.25) is 0 Å². The minimum absolute atomic E-state index is 0.261. The largest absolute Gasteiger partial charge is 0.465 e. The third kappa shape index (κ3) is 5.05. The number of rotatable bonds is 8. The van der Waals surface area contributed by atoms with Gasteiger partial charge in [-0.05, 0) is 32.8 Å². The SMILES string of the molecule is COC(=O)c1ccnc(NCCCCOC(C)C)c1N. The number of anilines is 2. The van der Waals surface area contributed by atoms with E-state index in [-0.39, 0.29) is 6.10 Å². The number of nitrogens with zero attached hydrogens (tertiary/aromatic N) is 1. The molecule has 0 aliphatic heterocycles. The molecule has 0 aliphatic rings. The molecule has 1 rings (SSSR count). The molecule has 0 unspecified atom stereocenters. The van der Waals surface area contributed by atoms with E-state index in [0.29, 0.717) is 17.1 Å². The third-order valence-electron chi connectivity index (χ3n) is 2.71. The summed E-state index contributed by atoms with van der Waals surface area (Å²) in [5.74, 6) is 0.0518. The minimum atomic E-state index is -0.460. The molecule has 0 bridgehead atoms. The lowest BCUT2D eigenvalue weighted by Crippen LogP contribution is -2.12. The quantitative estimate of drug-likeness (QED) is 0.560. The van der Waals surface area contributed by atoms with Gasteiger partial charge < -0.3 is 20.5 Å². The number of ether oxygens (including phenoxy) is 2. The summed E-state index contributed by atoms with van der Waals surface area (Å²) < 4.78 is 10.1. The Kier molecular flexibility index (Phi) is 6.79. The molecule has 1 aromatic heterocycles. The zero-order chi connectivity index (χ0) is 15.0. The van der Waals surface area contributed by atoms with Crippen LogP contribution in [0.4, 0.5) is 11.5 Å².